The summed E-state index contributed by atoms with van der Waals surface area (Å²) in [5.41, 5.74) is 2.26. The van der Waals surface area contributed by atoms with E-state index in [0.29, 0.717) is 16.5 Å². The van der Waals surface area contributed by atoms with Gasteiger partial charge in [0.05, 0.1) is 11.6 Å². The lowest BCUT2D eigenvalue weighted by molar-refractivity contribution is 0.850. The standard InChI is InChI=1S/C14H13ClN4/c1-9(2)12-13(15)17-8-18-14(12)19-11-5-3-4-10(6-11)7-16/h3-6,8-9H,1-2H3,(H,17,18,19). The Labute approximate surface area is 117 Å². The highest BCUT2D eigenvalue weighted by molar-refractivity contribution is 6.30. The number of nitriles is 1. The number of aromatic nitrogens is 2. The molecule has 2 rings (SSSR count). The predicted molar refractivity (Wildman–Crippen MR) is 75.6 cm³/mol. The Balaban J connectivity index is 2.38. The quantitative estimate of drug-likeness (QED) is 0.862. The summed E-state index contributed by atoms with van der Waals surface area (Å²) in [5, 5.41) is 12.5. The molecule has 96 valence electrons. The molecule has 1 heterocycles. The van der Waals surface area contributed by atoms with Crippen LogP contribution in [-0.2, 0) is 0 Å². The number of anilines is 2. The van der Waals surface area contributed by atoms with E-state index in [4.69, 9.17) is 16.9 Å². The van der Waals surface area contributed by atoms with Gasteiger partial charge in [0.2, 0.25) is 0 Å². The van der Waals surface area contributed by atoms with Gasteiger partial charge in [-0.15, -0.1) is 0 Å². The van der Waals surface area contributed by atoms with Crippen molar-refractivity contribution in [3.8, 4) is 6.07 Å². The third-order valence-electron chi connectivity index (χ3n) is 2.67. The SMILES string of the molecule is CC(C)c1c(Cl)ncnc1Nc1cccc(C#N)c1. The van der Waals surface area contributed by atoms with Crippen molar-refractivity contribution in [2.75, 3.05) is 5.32 Å². The summed E-state index contributed by atoms with van der Waals surface area (Å²) < 4.78 is 0. The number of halogens is 1. The van der Waals surface area contributed by atoms with Gasteiger partial charge in [-0.3, -0.25) is 0 Å². The Hall–Kier alpha value is -2.12. The van der Waals surface area contributed by atoms with Gasteiger partial charge in [0.15, 0.2) is 0 Å². The first kappa shape index (κ1) is 13.3. The first-order valence-corrected chi connectivity index (χ1v) is 6.27. The first-order valence-electron chi connectivity index (χ1n) is 5.89. The second-order valence-electron chi connectivity index (χ2n) is 4.40. The van der Waals surface area contributed by atoms with Crippen molar-refractivity contribution in [3.05, 3.63) is 46.9 Å². The van der Waals surface area contributed by atoms with Crippen LogP contribution in [0.4, 0.5) is 11.5 Å². The zero-order valence-corrected chi connectivity index (χ0v) is 11.4. The van der Waals surface area contributed by atoms with Crippen molar-refractivity contribution >= 4 is 23.1 Å². The van der Waals surface area contributed by atoms with Crippen molar-refractivity contribution in [1.29, 1.82) is 5.26 Å². The largest absolute Gasteiger partial charge is 0.340 e. The lowest BCUT2D eigenvalue weighted by Crippen LogP contribution is -2.03. The molecule has 0 saturated carbocycles. The molecule has 19 heavy (non-hydrogen) atoms. The summed E-state index contributed by atoms with van der Waals surface area (Å²) in [7, 11) is 0. The second kappa shape index (κ2) is 5.68. The number of hydrogen-bond donors (Lipinski definition) is 1. The molecule has 0 aliphatic carbocycles. The molecule has 0 saturated heterocycles. The minimum atomic E-state index is 0.204. The number of hydrogen-bond acceptors (Lipinski definition) is 4. The van der Waals surface area contributed by atoms with Crippen molar-refractivity contribution in [2.45, 2.75) is 19.8 Å². The molecular weight excluding hydrogens is 260 g/mol. The fourth-order valence-corrected chi connectivity index (χ4v) is 2.14. The highest BCUT2D eigenvalue weighted by atomic mass is 35.5. The molecule has 1 N–H and O–H groups in total. The molecule has 2 aromatic rings. The van der Waals surface area contributed by atoms with Crippen LogP contribution in [0.15, 0.2) is 30.6 Å². The lowest BCUT2D eigenvalue weighted by atomic mass is 10.1. The summed E-state index contributed by atoms with van der Waals surface area (Å²) in [4.78, 5) is 8.22. The minimum Gasteiger partial charge on any atom is -0.340 e. The molecule has 0 unspecified atom stereocenters. The first-order chi connectivity index (χ1) is 9.11. The van der Waals surface area contributed by atoms with Crippen LogP contribution in [0.1, 0.15) is 30.9 Å². The normalized spacial score (nSPS) is 10.3. The van der Waals surface area contributed by atoms with Crippen LogP contribution < -0.4 is 5.32 Å². The van der Waals surface area contributed by atoms with Gasteiger partial charge in [-0.25, -0.2) is 9.97 Å². The fraction of sp³-hybridized carbons (Fsp3) is 0.214. The number of nitrogens with one attached hydrogen (secondary N) is 1. The Bertz CT molecular complexity index is 632. The molecule has 1 aromatic heterocycles. The Morgan fingerprint density at radius 1 is 1.32 bits per heavy atom. The van der Waals surface area contributed by atoms with E-state index < -0.39 is 0 Å². The van der Waals surface area contributed by atoms with Crippen molar-refractivity contribution in [3.63, 3.8) is 0 Å². The van der Waals surface area contributed by atoms with Crippen LogP contribution in [0.2, 0.25) is 5.15 Å². The van der Waals surface area contributed by atoms with E-state index in [-0.39, 0.29) is 5.92 Å². The number of rotatable bonds is 3. The van der Waals surface area contributed by atoms with E-state index in [2.05, 4.69) is 21.4 Å². The van der Waals surface area contributed by atoms with Gasteiger partial charge < -0.3 is 5.32 Å². The van der Waals surface area contributed by atoms with E-state index in [1.807, 2.05) is 26.0 Å². The van der Waals surface area contributed by atoms with Crippen LogP contribution in [-0.4, -0.2) is 9.97 Å². The molecule has 0 amide bonds. The maximum Gasteiger partial charge on any atom is 0.138 e. The van der Waals surface area contributed by atoms with Gasteiger partial charge in [-0.2, -0.15) is 5.26 Å². The molecular formula is C14H13ClN4. The molecule has 0 atom stereocenters. The maximum absolute atomic E-state index is 8.89. The second-order valence-corrected chi connectivity index (χ2v) is 4.76. The molecule has 0 aliphatic heterocycles. The third kappa shape index (κ3) is 3.01. The molecule has 0 fully saturated rings. The zero-order valence-electron chi connectivity index (χ0n) is 10.7. The molecule has 5 heteroatoms. The lowest BCUT2D eigenvalue weighted by Gasteiger charge is -2.14. The topological polar surface area (TPSA) is 61.6 Å². The summed E-state index contributed by atoms with van der Waals surface area (Å²) in [6, 6.07) is 9.31. The predicted octanol–water partition coefficient (Wildman–Crippen LogP) is 3.87. The van der Waals surface area contributed by atoms with Gasteiger partial charge in [-0.1, -0.05) is 31.5 Å². The summed E-state index contributed by atoms with van der Waals surface area (Å²) in [5.74, 6) is 0.875. The van der Waals surface area contributed by atoms with Gasteiger partial charge in [0, 0.05) is 11.3 Å². The number of nitrogens with zero attached hydrogens (tertiary/aromatic N) is 3. The molecule has 4 nitrogen and oxygen atoms in total. The molecule has 0 spiro atoms. The third-order valence-corrected chi connectivity index (χ3v) is 2.97. The minimum absolute atomic E-state index is 0.204. The van der Waals surface area contributed by atoms with Crippen LogP contribution in [0.25, 0.3) is 0 Å². The fourth-order valence-electron chi connectivity index (χ4n) is 1.79. The van der Waals surface area contributed by atoms with Gasteiger partial charge in [-0.05, 0) is 24.1 Å². The van der Waals surface area contributed by atoms with Gasteiger partial charge in [0.1, 0.15) is 17.3 Å². The van der Waals surface area contributed by atoms with Crippen LogP contribution in [0.5, 0.6) is 0 Å². The molecule has 0 aliphatic rings. The molecule has 0 radical (unpaired) electrons. The highest BCUT2D eigenvalue weighted by Gasteiger charge is 2.13. The van der Waals surface area contributed by atoms with Crippen LogP contribution >= 0.6 is 11.6 Å². The monoisotopic (exact) mass is 272 g/mol. The number of benzene rings is 1. The average Bonchev–Trinajstić information content (AvgIpc) is 2.38. The molecule has 0 bridgehead atoms. The Morgan fingerprint density at radius 2 is 2.11 bits per heavy atom. The Morgan fingerprint density at radius 3 is 2.79 bits per heavy atom. The van der Waals surface area contributed by atoms with E-state index in [1.54, 1.807) is 12.1 Å². The summed E-state index contributed by atoms with van der Waals surface area (Å²) >= 11 is 6.11. The zero-order chi connectivity index (χ0) is 13.8. The average molecular weight is 273 g/mol. The van der Waals surface area contributed by atoms with Crippen LogP contribution in [0.3, 0.4) is 0 Å². The van der Waals surface area contributed by atoms with Crippen LogP contribution in [0, 0.1) is 11.3 Å². The van der Waals surface area contributed by atoms with Crippen molar-refractivity contribution in [1.82, 2.24) is 9.97 Å². The summed E-state index contributed by atoms with van der Waals surface area (Å²) in [6.07, 6.45) is 1.42. The molecule has 1 aromatic carbocycles. The van der Waals surface area contributed by atoms with E-state index in [1.165, 1.54) is 6.33 Å². The summed E-state index contributed by atoms with van der Waals surface area (Å²) in [6.45, 7) is 4.06. The smallest absolute Gasteiger partial charge is 0.138 e. The highest BCUT2D eigenvalue weighted by Crippen LogP contribution is 2.29. The van der Waals surface area contributed by atoms with E-state index in [0.717, 1.165) is 11.3 Å². The van der Waals surface area contributed by atoms with Gasteiger partial charge >= 0.3 is 0 Å². The Kier molecular flexibility index (Phi) is 3.98. The van der Waals surface area contributed by atoms with Crippen molar-refractivity contribution in [2.24, 2.45) is 0 Å². The van der Waals surface area contributed by atoms with E-state index in [9.17, 15) is 0 Å². The maximum atomic E-state index is 8.89. The van der Waals surface area contributed by atoms with Gasteiger partial charge in [0.25, 0.3) is 0 Å². The van der Waals surface area contributed by atoms with E-state index >= 15 is 0 Å². The van der Waals surface area contributed by atoms with Crippen molar-refractivity contribution < 1.29 is 0 Å².